The number of alkyl halides is 3. The standard InChI is InChI=1S/C19H18F3N3O/c20-19(21,22)16-7-4-15(5-8-16)6-9-18(26)25-13-11-24(12-14-25)17-3-1-2-10-23-17/h1-10H,11-14H2/b9-6+. The number of piperazine rings is 1. The van der Waals surface area contributed by atoms with Crippen molar-refractivity contribution < 1.29 is 18.0 Å². The Balaban J connectivity index is 1.55. The van der Waals surface area contributed by atoms with Crippen LogP contribution in [0.2, 0.25) is 0 Å². The van der Waals surface area contributed by atoms with E-state index in [2.05, 4.69) is 9.88 Å². The Morgan fingerprint density at radius 2 is 1.69 bits per heavy atom. The van der Waals surface area contributed by atoms with Crippen LogP contribution in [0.4, 0.5) is 19.0 Å². The number of anilines is 1. The Hall–Kier alpha value is -2.83. The molecule has 3 rings (SSSR count). The van der Waals surface area contributed by atoms with Crippen LogP contribution in [-0.4, -0.2) is 42.0 Å². The van der Waals surface area contributed by atoms with Gasteiger partial charge in [0.2, 0.25) is 5.91 Å². The van der Waals surface area contributed by atoms with E-state index in [9.17, 15) is 18.0 Å². The molecule has 1 aliphatic heterocycles. The van der Waals surface area contributed by atoms with Crippen molar-refractivity contribution in [2.45, 2.75) is 6.18 Å². The van der Waals surface area contributed by atoms with E-state index in [-0.39, 0.29) is 5.91 Å². The zero-order chi connectivity index (χ0) is 18.6. The van der Waals surface area contributed by atoms with Crippen molar-refractivity contribution in [1.82, 2.24) is 9.88 Å². The van der Waals surface area contributed by atoms with E-state index in [0.717, 1.165) is 18.0 Å². The average molecular weight is 361 g/mol. The predicted octanol–water partition coefficient (Wildman–Crippen LogP) is 3.46. The fraction of sp³-hybridized carbons (Fsp3) is 0.263. The summed E-state index contributed by atoms with van der Waals surface area (Å²) >= 11 is 0. The van der Waals surface area contributed by atoms with Crippen LogP contribution in [0.3, 0.4) is 0 Å². The fourth-order valence-electron chi connectivity index (χ4n) is 2.75. The minimum atomic E-state index is -4.36. The molecule has 0 unspecified atom stereocenters. The van der Waals surface area contributed by atoms with Crippen LogP contribution < -0.4 is 4.90 Å². The van der Waals surface area contributed by atoms with Gasteiger partial charge in [-0.1, -0.05) is 18.2 Å². The number of halogens is 3. The van der Waals surface area contributed by atoms with E-state index in [1.54, 1.807) is 11.1 Å². The minimum Gasteiger partial charge on any atom is -0.353 e. The highest BCUT2D eigenvalue weighted by Crippen LogP contribution is 2.29. The van der Waals surface area contributed by atoms with Gasteiger partial charge in [0.05, 0.1) is 5.56 Å². The van der Waals surface area contributed by atoms with Gasteiger partial charge in [-0.25, -0.2) is 4.98 Å². The molecule has 2 aromatic rings. The van der Waals surface area contributed by atoms with Crippen LogP contribution in [0.5, 0.6) is 0 Å². The molecule has 0 spiro atoms. The van der Waals surface area contributed by atoms with Gasteiger partial charge >= 0.3 is 6.18 Å². The summed E-state index contributed by atoms with van der Waals surface area (Å²) in [5, 5.41) is 0. The number of amides is 1. The van der Waals surface area contributed by atoms with Gasteiger partial charge in [-0.15, -0.1) is 0 Å². The first-order valence-electron chi connectivity index (χ1n) is 8.24. The van der Waals surface area contributed by atoms with Crippen molar-refractivity contribution in [2.24, 2.45) is 0 Å². The van der Waals surface area contributed by atoms with Gasteiger partial charge in [0.15, 0.2) is 0 Å². The summed E-state index contributed by atoms with van der Waals surface area (Å²) in [6.07, 6.45) is 0.317. The summed E-state index contributed by atoms with van der Waals surface area (Å²) in [6.45, 7) is 2.53. The van der Waals surface area contributed by atoms with Gasteiger partial charge in [-0.2, -0.15) is 13.2 Å². The molecule has 0 radical (unpaired) electrons. The van der Waals surface area contributed by atoms with Gasteiger partial charge < -0.3 is 9.80 Å². The molecule has 1 amide bonds. The number of benzene rings is 1. The van der Waals surface area contributed by atoms with Gasteiger partial charge in [-0.05, 0) is 35.9 Å². The number of carbonyl (C=O) groups excluding carboxylic acids is 1. The summed E-state index contributed by atoms with van der Waals surface area (Å²) in [6, 6.07) is 10.4. The molecule has 1 aromatic heterocycles. The van der Waals surface area contributed by atoms with Gasteiger partial charge in [-0.3, -0.25) is 4.79 Å². The van der Waals surface area contributed by atoms with E-state index in [0.29, 0.717) is 31.7 Å². The monoisotopic (exact) mass is 361 g/mol. The zero-order valence-electron chi connectivity index (χ0n) is 14.0. The summed E-state index contributed by atoms with van der Waals surface area (Å²) in [5.41, 5.74) is -0.148. The lowest BCUT2D eigenvalue weighted by Crippen LogP contribution is -2.48. The predicted molar refractivity (Wildman–Crippen MR) is 93.5 cm³/mol. The van der Waals surface area contributed by atoms with E-state index < -0.39 is 11.7 Å². The average Bonchev–Trinajstić information content (AvgIpc) is 2.66. The second-order valence-electron chi connectivity index (χ2n) is 5.95. The van der Waals surface area contributed by atoms with Crippen LogP contribution in [0.15, 0.2) is 54.7 Å². The number of nitrogens with zero attached hydrogens (tertiary/aromatic N) is 3. The number of hydrogen-bond donors (Lipinski definition) is 0. The van der Waals surface area contributed by atoms with Crippen LogP contribution in [0.25, 0.3) is 6.08 Å². The Morgan fingerprint density at radius 3 is 2.27 bits per heavy atom. The molecule has 1 fully saturated rings. The van der Waals surface area contributed by atoms with Crippen LogP contribution in [0.1, 0.15) is 11.1 Å². The summed E-state index contributed by atoms with van der Waals surface area (Å²) in [5.74, 6) is 0.741. The van der Waals surface area contributed by atoms with Crippen molar-refractivity contribution in [1.29, 1.82) is 0 Å². The molecule has 0 N–H and O–H groups in total. The van der Waals surface area contributed by atoms with Crippen LogP contribution in [-0.2, 0) is 11.0 Å². The molecule has 4 nitrogen and oxygen atoms in total. The maximum atomic E-state index is 12.5. The highest BCUT2D eigenvalue weighted by Gasteiger charge is 2.29. The van der Waals surface area contributed by atoms with Gasteiger partial charge in [0, 0.05) is 38.5 Å². The second kappa shape index (κ2) is 7.59. The molecule has 136 valence electrons. The maximum Gasteiger partial charge on any atom is 0.416 e. The molecule has 7 heteroatoms. The number of aromatic nitrogens is 1. The first kappa shape index (κ1) is 18.0. The van der Waals surface area contributed by atoms with Gasteiger partial charge in [0.1, 0.15) is 5.82 Å². The molecular weight excluding hydrogens is 343 g/mol. The first-order chi connectivity index (χ1) is 12.4. The smallest absolute Gasteiger partial charge is 0.353 e. The molecule has 0 bridgehead atoms. The first-order valence-corrected chi connectivity index (χ1v) is 8.24. The number of hydrogen-bond acceptors (Lipinski definition) is 3. The molecular formula is C19H18F3N3O. The molecule has 0 aliphatic carbocycles. The largest absolute Gasteiger partial charge is 0.416 e. The lowest BCUT2D eigenvalue weighted by molar-refractivity contribution is -0.137. The third-order valence-electron chi connectivity index (χ3n) is 4.22. The van der Waals surface area contributed by atoms with E-state index in [1.807, 2.05) is 18.2 Å². The molecule has 26 heavy (non-hydrogen) atoms. The summed E-state index contributed by atoms with van der Waals surface area (Å²) in [7, 11) is 0. The van der Waals surface area contributed by atoms with E-state index in [4.69, 9.17) is 0 Å². The molecule has 1 aromatic carbocycles. The topological polar surface area (TPSA) is 36.4 Å². The van der Waals surface area contributed by atoms with E-state index in [1.165, 1.54) is 24.3 Å². The Morgan fingerprint density at radius 1 is 1.00 bits per heavy atom. The van der Waals surface area contributed by atoms with Gasteiger partial charge in [0.25, 0.3) is 0 Å². The maximum absolute atomic E-state index is 12.5. The molecule has 0 atom stereocenters. The quantitative estimate of drug-likeness (QED) is 0.786. The number of pyridine rings is 1. The number of carbonyl (C=O) groups is 1. The van der Waals surface area contributed by atoms with Crippen molar-refractivity contribution in [2.75, 3.05) is 31.1 Å². The Labute approximate surface area is 149 Å². The molecule has 0 saturated carbocycles. The highest BCUT2D eigenvalue weighted by molar-refractivity contribution is 5.92. The fourth-order valence-corrected chi connectivity index (χ4v) is 2.75. The Kier molecular flexibility index (Phi) is 5.25. The lowest BCUT2D eigenvalue weighted by Gasteiger charge is -2.34. The molecule has 1 aliphatic rings. The number of rotatable bonds is 3. The van der Waals surface area contributed by atoms with Crippen molar-refractivity contribution in [3.8, 4) is 0 Å². The van der Waals surface area contributed by atoms with E-state index >= 15 is 0 Å². The third kappa shape index (κ3) is 4.41. The van der Waals surface area contributed by atoms with Crippen molar-refractivity contribution in [3.63, 3.8) is 0 Å². The third-order valence-corrected chi connectivity index (χ3v) is 4.22. The summed E-state index contributed by atoms with van der Waals surface area (Å²) < 4.78 is 37.6. The minimum absolute atomic E-state index is 0.148. The molecule has 2 heterocycles. The van der Waals surface area contributed by atoms with Crippen LogP contribution >= 0.6 is 0 Å². The van der Waals surface area contributed by atoms with Crippen molar-refractivity contribution in [3.05, 3.63) is 65.9 Å². The lowest BCUT2D eigenvalue weighted by atomic mass is 10.1. The second-order valence-corrected chi connectivity index (χ2v) is 5.95. The molecule has 1 saturated heterocycles. The summed E-state index contributed by atoms with van der Waals surface area (Å²) in [4.78, 5) is 20.4. The Bertz CT molecular complexity index is 765. The van der Waals surface area contributed by atoms with Crippen molar-refractivity contribution >= 4 is 17.8 Å². The highest BCUT2D eigenvalue weighted by atomic mass is 19.4. The van der Waals surface area contributed by atoms with Crippen LogP contribution in [0, 0.1) is 0 Å². The SMILES string of the molecule is O=C(/C=C/c1ccc(C(F)(F)F)cc1)N1CCN(c2ccccn2)CC1. The zero-order valence-corrected chi connectivity index (χ0v) is 14.0. The normalized spacial score (nSPS) is 15.5.